The molecule has 8 nitrogen and oxygen atoms in total. The van der Waals surface area contributed by atoms with E-state index in [0.717, 1.165) is 6.42 Å². The van der Waals surface area contributed by atoms with Crippen LogP contribution in [0.1, 0.15) is 46.0 Å². The van der Waals surface area contributed by atoms with Gasteiger partial charge in [-0.3, -0.25) is 14.4 Å². The molecule has 0 aromatic carbocycles. The third-order valence-electron chi connectivity index (χ3n) is 4.64. The van der Waals surface area contributed by atoms with Gasteiger partial charge in [0.25, 0.3) is 0 Å². The van der Waals surface area contributed by atoms with Crippen molar-refractivity contribution in [3.63, 3.8) is 0 Å². The molecule has 140 valence electrons. The van der Waals surface area contributed by atoms with E-state index in [1.807, 2.05) is 13.8 Å². The van der Waals surface area contributed by atoms with Crippen LogP contribution in [0.15, 0.2) is 0 Å². The van der Waals surface area contributed by atoms with Crippen LogP contribution in [0.3, 0.4) is 0 Å². The van der Waals surface area contributed by atoms with E-state index in [0.29, 0.717) is 32.2 Å². The zero-order valence-electron chi connectivity index (χ0n) is 15.0. The number of ether oxygens (including phenoxy) is 1. The van der Waals surface area contributed by atoms with E-state index in [-0.39, 0.29) is 23.6 Å². The van der Waals surface area contributed by atoms with Gasteiger partial charge in [-0.1, -0.05) is 13.8 Å². The maximum absolute atomic E-state index is 12.9. The molecule has 2 aliphatic rings. The molecule has 0 bridgehead atoms. The van der Waals surface area contributed by atoms with Crippen molar-refractivity contribution in [2.45, 2.75) is 64.1 Å². The van der Waals surface area contributed by atoms with Gasteiger partial charge in [-0.2, -0.15) is 0 Å². The Morgan fingerprint density at radius 2 is 2.04 bits per heavy atom. The Bertz CT molecular complexity index is 548. The molecule has 0 aromatic rings. The van der Waals surface area contributed by atoms with Crippen LogP contribution in [0.4, 0.5) is 0 Å². The summed E-state index contributed by atoms with van der Waals surface area (Å²) in [4.78, 5) is 50.0. The second kappa shape index (κ2) is 8.31. The molecule has 0 aromatic heterocycles. The van der Waals surface area contributed by atoms with Gasteiger partial charge in [-0.25, -0.2) is 4.79 Å². The third-order valence-corrected chi connectivity index (χ3v) is 4.64. The number of esters is 1. The monoisotopic (exact) mass is 353 g/mol. The second-order valence-corrected chi connectivity index (χ2v) is 7.06. The molecule has 3 amide bonds. The average Bonchev–Trinajstić information content (AvgIpc) is 3.21. The Balaban J connectivity index is 2.07. The topological polar surface area (TPSA) is 105 Å². The minimum atomic E-state index is -0.713. The van der Waals surface area contributed by atoms with Crippen molar-refractivity contribution in [2.75, 3.05) is 13.7 Å². The fourth-order valence-electron chi connectivity index (χ4n) is 3.39. The minimum absolute atomic E-state index is 0.155. The molecular formula is C17H27N3O5. The number of likely N-dealkylation sites (tertiary alicyclic amines) is 1. The Morgan fingerprint density at radius 1 is 1.32 bits per heavy atom. The molecule has 2 rings (SSSR count). The van der Waals surface area contributed by atoms with Crippen LogP contribution >= 0.6 is 0 Å². The summed E-state index contributed by atoms with van der Waals surface area (Å²) in [6, 6.07) is -1.89. The number of rotatable bonds is 6. The largest absolute Gasteiger partial charge is 0.467 e. The van der Waals surface area contributed by atoms with Crippen molar-refractivity contribution < 1.29 is 23.9 Å². The molecule has 2 aliphatic heterocycles. The number of nitrogens with one attached hydrogen (secondary N) is 2. The molecule has 3 atom stereocenters. The van der Waals surface area contributed by atoms with Gasteiger partial charge < -0.3 is 20.3 Å². The zero-order chi connectivity index (χ0) is 18.6. The fourth-order valence-corrected chi connectivity index (χ4v) is 3.39. The number of methoxy groups -OCH3 is 1. The summed E-state index contributed by atoms with van der Waals surface area (Å²) in [6.45, 7) is 4.40. The van der Waals surface area contributed by atoms with E-state index in [1.54, 1.807) is 0 Å². The molecule has 0 aliphatic carbocycles. The minimum Gasteiger partial charge on any atom is -0.467 e. The molecule has 0 unspecified atom stereocenters. The summed E-state index contributed by atoms with van der Waals surface area (Å²) in [7, 11) is 1.31. The summed E-state index contributed by atoms with van der Waals surface area (Å²) in [5, 5.41) is 5.37. The first-order valence-corrected chi connectivity index (χ1v) is 8.81. The summed E-state index contributed by atoms with van der Waals surface area (Å²) >= 11 is 0. The average molecular weight is 353 g/mol. The van der Waals surface area contributed by atoms with E-state index in [1.165, 1.54) is 12.0 Å². The quantitative estimate of drug-likeness (QED) is 0.652. The van der Waals surface area contributed by atoms with Crippen LogP contribution in [0.5, 0.6) is 0 Å². The van der Waals surface area contributed by atoms with Gasteiger partial charge in [0.2, 0.25) is 17.7 Å². The molecule has 0 saturated carbocycles. The maximum Gasteiger partial charge on any atom is 0.328 e. The molecule has 8 heteroatoms. The smallest absolute Gasteiger partial charge is 0.328 e. The van der Waals surface area contributed by atoms with Gasteiger partial charge in [0.15, 0.2) is 0 Å². The van der Waals surface area contributed by atoms with E-state index in [4.69, 9.17) is 4.74 Å². The number of carbonyl (C=O) groups is 4. The second-order valence-electron chi connectivity index (χ2n) is 7.06. The highest BCUT2D eigenvalue weighted by molar-refractivity contribution is 5.95. The maximum atomic E-state index is 12.9. The predicted octanol–water partition coefficient (Wildman–Crippen LogP) is -0.0401. The first-order chi connectivity index (χ1) is 11.8. The lowest BCUT2D eigenvalue weighted by Gasteiger charge is -2.29. The van der Waals surface area contributed by atoms with Crippen LogP contribution in [0.25, 0.3) is 0 Å². The van der Waals surface area contributed by atoms with Gasteiger partial charge in [-0.05, 0) is 31.6 Å². The molecule has 0 spiro atoms. The van der Waals surface area contributed by atoms with Crippen molar-refractivity contribution >= 4 is 23.7 Å². The fraction of sp³-hybridized carbons (Fsp3) is 0.765. The number of hydrogen-bond acceptors (Lipinski definition) is 5. The molecule has 2 heterocycles. The molecule has 2 saturated heterocycles. The van der Waals surface area contributed by atoms with Crippen molar-refractivity contribution in [3.05, 3.63) is 0 Å². The summed E-state index contributed by atoms with van der Waals surface area (Å²) < 4.78 is 4.78. The molecule has 0 radical (unpaired) electrons. The molecule has 25 heavy (non-hydrogen) atoms. The van der Waals surface area contributed by atoms with Gasteiger partial charge >= 0.3 is 5.97 Å². The van der Waals surface area contributed by atoms with Crippen LogP contribution in [-0.4, -0.2) is 60.4 Å². The van der Waals surface area contributed by atoms with Crippen LogP contribution < -0.4 is 10.6 Å². The first kappa shape index (κ1) is 19.2. The lowest BCUT2D eigenvalue weighted by atomic mass is 10.0. The van der Waals surface area contributed by atoms with E-state index in [2.05, 4.69) is 10.6 Å². The summed E-state index contributed by atoms with van der Waals surface area (Å²) in [5.74, 6) is -1.01. The van der Waals surface area contributed by atoms with Crippen LogP contribution in [0.2, 0.25) is 0 Å². The van der Waals surface area contributed by atoms with Crippen molar-refractivity contribution in [1.82, 2.24) is 15.5 Å². The Hall–Kier alpha value is -2.12. The van der Waals surface area contributed by atoms with Crippen molar-refractivity contribution in [2.24, 2.45) is 5.92 Å². The molecule has 2 fully saturated rings. The number of nitrogens with zero attached hydrogens (tertiary/aromatic N) is 1. The van der Waals surface area contributed by atoms with Crippen LogP contribution in [-0.2, 0) is 23.9 Å². The van der Waals surface area contributed by atoms with Gasteiger partial charge in [0.05, 0.1) is 7.11 Å². The third kappa shape index (κ3) is 4.70. The summed E-state index contributed by atoms with van der Waals surface area (Å²) in [5.41, 5.74) is 0. The Labute approximate surface area is 147 Å². The first-order valence-electron chi connectivity index (χ1n) is 8.81. The SMILES string of the molecule is COC(=O)[C@H]1CCCN1C(=O)[C@@H](CC(C)C)NC(=O)[C@H]1CCC(=O)N1. The molecular weight excluding hydrogens is 326 g/mol. The lowest BCUT2D eigenvalue weighted by molar-refractivity contribution is -0.152. The number of amides is 3. The predicted molar refractivity (Wildman–Crippen MR) is 89.3 cm³/mol. The lowest BCUT2D eigenvalue weighted by Crippen LogP contribution is -2.55. The Kier molecular flexibility index (Phi) is 6.39. The van der Waals surface area contributed by atoms with E-state index in [9.17, 15) is 19.2 Å². The Morgan fingerprint density at radius 3 is 2.60 bits per heavy atom. The van der Waals surface area contributed by atoms with Crippen LogP contribution in [0, 0.1) is 5.92 Å². The van der Waals surface area contributed by atoms with Gasteiger partial charge in [0.1, 0.15) is 18.1 Å². The summed E-state index contributed by atoms with van der Waals surface area (Å²) in [6.07, 6.45) is 2.51. The van der Waals surface area contributed by atoms with Gasteiger partial charge in [-0.15, -0.1) is 0 Å². The molecule has 2 N–H and O–H groups in total. The zero-order valence-corrected chi connectivity index (χ0v) is 15.0. The van der Waals surface area contributed by atoms with Gasteiger partial charge in [0, 0.05) is 13.0 Å². The van der Waals surface area contributed by atoms with E-state index >= 15 is 0 Å². The van der Waals surface area contributed by atoms with E-state index < -0.39 is 24.1 Å². The van der Waals surface area contributed by atoms with Crippen molar-refractivity contribution in [3.8, 4) is 0 Å². The normalized spacial score (nSPS) is 24.2. The number of carbonyl (C=O) groups excluding carboxylic acids is 4. The highest BCUT2D eigenvalue weighted by Crippen LogP contribution is 2.21. The standard InChI is InChI=1S/C17H27N3O5/c1-10(2)9-12(19-15(22)11-6-7-14(21)18-11)16(23)20-8-4-5-13(20)17(24)25-3/h10-13H,4-9H2,1-3H3,(H,18,21)(H,19,22)/t11-,12-,13-/m1/s1. The highest BCUT2D eigenvalue weighted by Gasteiger charge is 2.39. The van der Waals surface area contributed by atoms with Crippen molar-refractivity contribution in [1.29, 1.82) is 0 Å². The highest BCUT2D eigenvalue weighted by atomic mass is 16.5. The number of hydrogen-bond donors (Lipinski definition) is 2.